The Labute approximate surface area is 143 Å². The lowest BCUT2D eigenvalue weighted by Crippen LogP contribution is -2.33. The molecule has 5 nitrogen and oxygen atoms in total. The third kappa shape index (κ3) is 3.61. The molecule has 0 radical (unpaired) electrons. The minimum absolute atomic E-state index is 0.00257. The first kappa shape index (κ1) is 16.5. The van der Waals surface area contributed by atoms with Gasteiger partial charge in [-0.1, -0.05) is 24.6 Å². The second-order valence-corrected chi connectivity index (χ2v) is 7.52. The predicted octanol–water partition coefficient (Wildman–Crippen LogP) is 2.97. The summed E-state index contributed by atoms with van der Waals surface area (Å²) in [5.41, 5.74) is 0.728. The summed E-state index contributed by atoms with van der Waals surface area (Å²) in [6.45, 7) is 4.22. The van der Waals surface area contributed by atoms with Crippen LogP contribution < -0.4 is 5.56 Å². The molecule has 0 aromatic carbocycles. The van der Waals surface area contributed by atoms with Gasteiger partial charge in [-0.25, -0.2) is 4.98 Å². The van der Waals surface area contributed by atoms with Crippen LogP contribution in [0.2, 0.25) is 0 Å². The smallest absolute Gasteiger partial charge is 0.272 e. The minimum Gasteiger partial charge on any atom is -0.342 e. The van der Waals surface area contributed by atoms with Gasteiger partial charge < -0.3 is 4.90 Å². The molecule has 0 unspecified atom stereocenters. The van der Waals surface area contributed by atoms with E-state index in [2.05, 4.69) is 4.98 Å². The van der Waals surface area contributed by atoms with Gasteiger partial charge in [0.15, 0.2) is 5.16 Å². The van der Waals surface area contributed by atoms with E-state index in [1.807, 2.05) is 23.3 Å². The van der Waals surface area contributed by atoms with Crippen molar-refractivity contribution in [3.63, 3.8) is 0 Å². The zero-order valence-corrected chi connectivity index (χ0v) is 14.9. The molecule has 0 bridgehead atoms. The number of amides is 1. The minimum atomic E-state index is -0.00257. The van der Waals surface area contributed by atoms with Crippen molar-refractivity contribution in [3.05, 3.63) is 21.8 Å². The van der Waals surface area contributed by atoms with Crippen molar-refractivity contribution in [2.45, 2.75) is 44.3 Å². The summed E-state index contributed by atoms with van der Waals surface area (Å²) in [7, 11) is 0. The molecule has 1 fully saturated rings. The highest BCUT2D eigenvalue weighted by Crippen LogP contribution is 2.21. The summed E-state index contributed by atoms with van der Waals surface area (Å²) < 4.78 is 2.36. The Morgan fingerprint density at radius 3 is 2.74 bits per heavy atom. The number of carbonyl (C=O) groups is 1. The van der Waals surface area contributed by atoms with Crippen LogP contribution in [0.4, 0.5) is 0 Å². The second kappa shape index (κ2) is 7.49. The highest BCUT2D eigenvalue weighted by Gasteiger charge is 2.18. The van der Waals surface area contributed by atoms with Crippen LogP contribution in [0.5, 0.6) is 0 Å². The first-order valence-corrected chi connectivity index (χ1v) is 9.96. The molecule has 1 saturated heterocycles. The zero-order valence-electron chi connectivity index (χ0n) is 13.3. The van der Waals surface area contributed by atoms with Gasteiger partial charge >= 0.3 is 0 Å². The Morgan fingerprint density at radius 1 is 1.30 bits per heavy atom. The van der Waals surface area contributed by atoms with E-state index >= 15 is 0 Å². The SMILES string of the molecule is CCn1c(SCC(=O)N2CCCCCC2)nc2ccsc2c1=O. The summed E-state index contributed by atoms with van der Waals surface area (Å²) in [6, 6.07) is 1.86. The van der Waals surface area contributed by atoms with Crippen LogP contribution in [0.25, 0.3) is 10.2 Å². The van der Waals surface area contributed by atoms with Crippen LogP contribution in [0.1, 0.15) is 32.6 Å². The fourth-order valence-electron chi connectivity index (χ4n) is 2.85. The number of hydrogen-bond donors (Lipinski definition) is 0. The molecule has 0 saturated carbocycles. The lowest BCUT2D eigenvalue weighted by molar-refractivity contribution is -0.128. The van der Waals surface area contributed by atoms with Crippen molar-refractivity contribution in [2.24, 2.45) is 0 Å². The molecule has 3 heterocycles. The standard InChI is InChI=1S/C16H21N3O2S2/c1-2-19-15(21)14-12(7-10-22-14)17-16(19)23-11-13(20)18-8-5-3-4-6-9-18/h7,10H,2-6,8-9,11H2,1H3. The van der Waals surface area contributed by atoms with E-state index in [4.69, 9.17) is 0 Å². The van der Waals surface area contributed by atoms with Gasteiger partial charge in [0.05, 0.1) is 11.3 Å². The molecule has 23 heavy (non-hydrogen) atoms. The number of fused-ring (bicyclic) bond motifs is 1. The Kier molecular flexibility index (Phi) is 5.38. The third-order valence-corrected chi connectivity index (χ3v) is 5.98. The second-order valence-electron chi connectivity index (χ2n) is 5.66. The molecule has 0 aliphatic carbocycles. The summed E-state index contributed by atoms with van der Waals surface area (Å²) >= 11 is 2.80. The van der Waals surface area contributed by atoms with Crippen LogP contribution in [0.3, 0.4) is 0 Å². The Balaban J connectivity index is 1.75. The van der Waals surface area contributed by atoms with Crippen LogP contribution in [-0.2, 0) is 11.3 Å². The van der Waals surface area contributed by atoms with E-state index in [-0.39, 0.29) is 11.5 Å². The molecular weight excluding hydrogens is 330 g/mol. The van der Waals surface area contributed by atoms with Crippen molar-refractivity contribution in [1.29, 1.82) is 0 Å². The van der Waals surface area contributed by atoms with Gasteiger partial charge in [0.2, 0.25) is 5.91 Å². The fraction of sp³-hybridized carbons (Fsp3) is 0.562. The van der Waals surface area contributed by atoms with E-state index in [0.29, 0.717) is 22.2 Å². The van der Waals surface area contributed by atoms with Gasteiger partial charge in [-0.2, -0.15) is 0 Å². The number of likely N-dealkylation sites (tertiary alicyclic amines) is 1. The van der Waals surface area contributed by atoms with Crippen molar-refractivity contribution >= 4 is 39.2 Å². The van der Waals surface area contributed by atoms with Crippen molar-refractivity contribution in [1.82, 2.24) is 14.5 Å². The van der Waals surface area contributed by atoms with Crippen LogP contribution in [0.15, 0.2) is 21.4 Å². The van der Waals surface area contributed by atoms with Gasteiger partial charge in [0, 0.05) is 19.6 Å². The molecule has 0 N–H and O–H groups in total. The largest absolute Gasteiger partial charge is 0.342 e. The monoisotopic (exact) mass is 351 g/mol. The first-order chi connectivity index (χ1) is 11.2. The highest BCUT2D eigenvalue weighted by molar-refractivity contribution is 7.99. The molecule has 7 heteroatoms. The van der Waals surface area contributed by atoms with Crippen molar-refractivity contribution < 1.29 is 4.79 Å². The Morgan fingerprint density at radius 2 is 2.04 bits per heavy atom. The number of aromatic nitrogens is 2. The maximum absolute atomic E-state index is 12.5. The Bertz CT molecular complexity index is 745. The normalized spacial score (nSPS) is 15.8. The van der Waals surface area contributed by atoms with E-state index in [1.165, 1.54) is 35.9 Å². The number of thiophene rings is 1. The number of carbonyl (C=O) groups excluding carboxylic acids is 1. The van der Waals surface area contributed by atoms with E-state index < -0.39 is 0 Å². The topological polar surface area (TPSA) is 55.2 Å². The van der Waals surface area contributed by atoms with E-state index in [1.54, 1.807) is 4.57 Å². The van der Waals surface area contributed by atoms with Gasteiger partial charge in [-0.3, -0.25) is 14.2 Å². The van der Waals surface area contributed by atoms with Gasteiger partial charge in [0.1, 0.15) is 4.70 Å². The first-order valence-electron chi connectivity index (χ1n) is 8.09. The molecule has 2 aromatic heterocycles. The maximum Gasteiger partial charge on any atom is 0.272 e. The molecule has 0 atom stereocenters. The summed E-state index contributed by atoms with van der Waals surface area (Å²) in [5.74, 6) is 0.501. The maximum atomic E-state index is 12.5. The van der Waals surface area contributed by atoms with Gasteiger partial charge in [0.25, 0.3) is 5.56 Å². The van der Waals surface area contributed by atoms with E-state index in [0.717, 1.165) is 31.4 Å². The lowest BCUT2D eigenvalue weighted by Gasteiger charge is -2.20. The summed E-state index contributed by atoms with van der Waals surface area (Å²) in [6.07, 6.45) is 4.61. The molecule has 1 aliphatic rings. The average Bonchev–Trinajstić information content (AvgIpc) is 2.86. The molecule has 124 valence electrons. The van der Waals surface area contributed by atoms with Gasteiger partial charge in [-0.15, -0.1) is 11.3 Å². The van der Waals surface area contributed by atoms with Crippen LogP contribution in [0, 0.1) is 0 Å². The van der Waals surface area contributed by atoms with E-state index in [9.17, 15) is 9.59 Å². The summed E-state index contributed by atoms with van der Waals surface area (Å²) in [5, 5.41) is 2.53. The number of thioether (sulfide) groups is 1. The molecular formula is C16H21N3O2S2. The van der Waals surface area contributed by atoms with Crippen LogP contribution >= 0.6 is 23.1 Å². The number of hydrogen-bond acceptors (Lipinski definition) is 5. The third-order valence-electron chi connectivity index (χ3n) is 4.13. The number of nitrogens with zero attached hydrogens (tertiary/aromatic N) is 3. The average molecular weight is 351 g/mol. The van der Waals surface area contributed by atoms with Crippen molar-refractivity contribution in [3.8, 4) is 0 Å². The molecule has 2 aromatic rings. The summed E-state index contributed by atoms with van der Waals surface area (Å²) in [4.78, 5) is 31.4. The number of rotatable bonds is 4. The predicted molar refractivity (Wildman–Crippen MR) is 95.3 cm³/mol. The molecule has 1 amide bonds. The highest BCUT2D eigenvalue weighted by atomic mass is 32.2. The van der Waals surface area contributed by atoms with Crippen molar-refractivity contribution in [2.75, 3.05) is 18.8 Å². The molecule has 1 aliphatic heterocycles. The Hall–Kier alpha value is -1.34. The fourth-order valence-corrected chi connectivity index (χ4v) is 4.59. The van der Waals surface area contributed by atoms with Gasteiger partial charge in [-0.05, 0) is 31.2 Å². The quantitative estimate of drug-likeness (QED) is 0.628. The zero-order chi connectivity index (χ0) is 16.2. The van der Waals surface area contributed by atoms with Crippen LogP contribution in [-0.4, -0.2) is 39.2 Å². The molecule has 0 spiro atoms. The molecule has 3 rings (SSSR count). The lowest BCUT2D eigenvalue weighted by atomic mass is 10.2.